The Hall–Kier alpha value is -0.970. The van der Waals surface area contributed by atoms with Crippen LogP contribution in [0.15, 0.2) is 4.90 Å². The fraction of sp³-hybridized carbons (Fsp3) is 0.786. The second-order valence-corrected chi connectivity index (χ2v) is 10.1. The topological polar surface area (TPSA) is 103 Å². The van der Waals surface area contributed by atoms with Crippen molar-refractivity contribution in [2.75, 3.05) is 31.9 Å². The zero-order valence-electron chi connectivity index (χ0n) is 14.4. The lowest BCUT2D eigenvalue weighted by atomic mass is 10.4. The molecular weight excluding hydrogens is 352 g/mol. The van der Waals surface area contributed by atoms with Gasteiger partial charge in [-0.25, -0.2) is 21.1 Å². The standard InChI is InChI=1S/C14H26N4O4S2/c1-4-5-11-23(19,20)17-7-6-8-18(10-9-17)24(21,22)14-12(2)15-16-13(14)3/h4-11H2,1-3H3,(H,15,16). The van der Waals surface area contributed by atoms with Crippen molar-refractivity contribution in [2.24, 2.45) is 0 Å². The van der Waals surface area contributed by atoms with Gasteiger partial charge in [0.05, 0.1) is 17.1 Å². The first-order valence-electron chi connectivity index (χ1n) is 8.19. The van der Waals surface area contributed by atoms with E-state index in [2.05, 4.69) is 10.2 Å². The van der Waals surface area contributed by atoms with Gasteiger partial charge in [-0.2, -0.15) is 9.40 Å². The maximum absolute atomic E-state index is 12.9. The SMILES string of the molecule is CCCCS(=O)(=O)N1CCCN(S(=O)(=O)c2c(C)n[nH]c2C)CC1. The molecule has 24 heavy (non-hydrogen) atoms. The molecule has 1 aromatic heterocycles. The zero-order chi connectivity index (χ0) is 18.0. The summed E-state index contributed by atoms with van der Waals surface area (Å²) in [6.45, 7) is 6.30. The lowest BCUT2D eigenvalue weighted by Gasteiger charge is -2.21. The summed E-state index contributed by atoms with van der Waals surface area (Å²) in [5, 5.41) is 6.64. The molecule has 0 bridgehead atoms. The minimum absolute atomic E-state index is 0.121. The van der Waals surface area contributed by atoms with E-state index in [0.29, 0.717) is 37.3 Å². The van der Waals surface area contributed by atoms with Crippen molar-refractivity contribution >= 4 is 20.0 Å². The Labute approximate surface area is 144 Å². The van der Waals surface area contributed by atoms with Gasteiger partial charge in [0, 0.05) is 26.2 Å². The Morgan fingerprint density at radius 1 is 1.04 bits per heavy atom. The number of hydrogen-bond acceptors (Lipinski definition) is 5. The molecule has 8 nitrogen and oxygen atoms in total. The van der Waals surface area contributed by atoms with Gasteiger partial charge in [0.25, 0.3) is 0 Å². The molecule has 1 aliphatic heterocycles. The van der Waals surface area contributed by atoms with Gasteiger partial charge in [-0.1, -0.05) is 13.3 Å². The molecule has 1 fully saturated rings. The summed E-state index contributed by atoms with van der Waals surface area (Å²) in [4.78, 5) is 0.199. The molecule has 0 atom stereocenters. The van der Waals surface area contributed by atoms with Crippen LogP contribution in [0.2, 0.25) is 0 Å². The fourth-order valence-corrected chi connectivity index (χ4v) is 6.37. The summed E-state index contributed by atoms with van der Waals surface area (Å²) in [5.41, 5.74) is 0.938. The highest BCUT2D eigenvalue weighted by Crippen LogP contribution is 2.23. The van der Waals surface area contributed by atoms with Gasteiger partial charge in [0.15, 0.2) is 0 Å². The average Bonchev–Trinajstić information content (AvgIpc) is 2.73. The first-order valence-corrected chi connectivity index (χ1v) is 11.2. The van der Waals surface area contributed by atoms with Gasteiger partial charge < -0.3 is 0 Å². The van der Waals surface area contributed by atoms with Crippen molar-refractivity contribution in [2.45, 2.75) is 44.9 Å². The van der Waals surface area contributed by atoms with Crippen LogP contribution in [0.1, 0.15) is 37.6 Å². The quantitative estimate of drug-likeness (QED) is 0.790. The number of rotatable bonds is 6. The van der Waals surface area contributed by atoms with Crippen molar-refractivity contribution in [3.05, 3.63) is 11.4 Å². The highest BCUT2D eigenvalue weighted by molar-refractivity contribution is 7.89. The highest BCUT2D eigenvalue weighted by Gasteiger charge is 2.33. The molecule has 1 N–H and O–H groups in total. The molecule has 0 amide bonds. The maximum atomic E-state index is 12.9. The monoisotopic (exact) mass is 378 g/mol. The summed E-state index contributed by atoms with van der Waals surface area (Å²) in [7, 11) is -6.99. The van der Waals surface area contributed by atoms with Crippen LogP contribution < -0.4 is 0 Å². The van der Waals surface area contributed by atoms with E-state index in [4.69, 9.17) is 0 Å². The Kier molecular flexibility index (Phi) is 6.05. The number of aromatic amines is 1. The van der Waals surface area contributed by atoms with Gasteiger partial charge in [-0.15, -0.1) is 0 Å². The number of aromatic nitrogens is 2. The third-order valence-corrected chi connectivity index (χ3v) is 8.34. The van der Waals surface area contributed by atoms with Crippen LogP contribution in [0.3, 0.4) is 0 Å². The van der Waals surface area contributed by atoms with Crippen LogP contribution in [-0.2, 0) is 20.0 Å². The molecule has 138 valence electrons. The predicted octanol–water partition coefficient (Wildman–Crippen LogP) is 0.853. The number of unbranched alkanes of at least 4 members (excludes halogenated alkanes) is 1. The van der Waals surface area contributed by atoms with Gasteiger partial charge >= 0.3 is 0 Å². The van der Waals surface area contributed by atoms with Gasteiger partial charge in [-0.3, -0.25) is 5.10 Å². The molecule has 0 radical (unpaired) electrons. The Balaban J connectivity index is 2.16. The summed E-state index contributed by atoms with van der Waals surface area (Å²) in [5.74, 6) is 0.121. The van der Waals surface area contributed by atoms with E-state index in [1.807, 2.05) is 6.92 Å². The van der Waals surface area contributed by atoms with Gasteiger partial charge in [0.1, 0.15) is 4.90 Å². The third-order valence-electron chi connectivity index (χ3n) is 4.22. The molecule has 2 rings (SSSR count). The molecule has 0 unspecified atom stereocenters. The Morgan fingerprint density at radius 2 is 1.67 bits per heavy atom. The molecule has 10 heteroatoms. The van der Waals surface area contributed by atoms with E-state index in [-0.39, 0.29) is 23.7 Å². The molecule has 1 aliphatic rings. The van der Waals surface area contributed by atoms with Crippen LogP contribution in [0, 0.1) is 13.8 Å². The van der Waals surface area contributed by atoms with E-state index < -0.39 is 20.0 Å². The molecule has 0 aromatic carbocycles. The highest BCUT2D eigenvalue weighted by atomic mass is 32.2. The van der Waals surface area contributed by atoms with E-state index in [1.165, 1.54) is 8.61 Å². The first kappa shape index (κ1) is 19.4. The smallest absolute Gasteiger partial charge is 0.246 e. The van der Waals surface area contributed by atoms with Crippen molar-refractivity contribution in [3.8, 4) is 0 Å². The summed E-state index contributed by atoms with van der Waals surface area (Å²) < 4.78 is 53.2. The number of hydrogen-bond donors (Lipinski definition) is 1. The van der Waals surface area contributed by atoms with E-state index in [0.717, 1.165) is 6.42 Å². The molecular formula is C14H26N4O4S2. The third kappa shape index (κ3) is 3.98. The number of sulfonamides is 2. The van der Waals surface area contributed by atoms with Gasteiger partial charge in [-0.05, 0) is 26.7 Å². The second-order valence-electron chi connectivity index (χ2n) is 6.09. The predicted molar refractivity (Wildman–Crippen MR) is 91.7 cm³/mol. The Morgan fingerprint density at radius 3 is 2.25 bits per heavy atom. The van der Waals surface area contributed by atoms with Crippen molar-refractivity contribution in [1.82, 2.24) is 18.8 Å². The van der Waals surface area contributed by atoms with Crippen LogP contribution in [0.5, 0.6) is 0 Å². The molecule has 0 saturated carbocycles. The molecule has 1 aromatic rings. The summed E-state index contributed by atoms with van der Waals surface area (Å²) in [6, 6.07) is 0. The number of aryl methyl sites for hydroxylation is 2. The number of nitrogens with zero attached hydrogens (tertiary/aromatic N) is 3. The zero-order valence-corrected chi connectivity index (χ0v) is 16.1. The summed E-state index contributed by atoms with van der Waals surface area (Å²) >= 11 is 0. The molecule has 0 aliphatic carbocycles. The average molecular weight is 379 g/mol. The Bertz CT molecular complexity index is 751. The second kappa shape index (κ2) is 7.51. The number of nitrogens with one attached hydrogen (secondary N) is 1. The van der Waals surface area contributed by atoms with E-state index in [9.17, 15) is 16.8 Å². The number of H-pyrrole nitrogens is 1. The lowest BCUT2D eigenvalue weighted by molar-refractivity contribution is 0.404. The van der Waals surface area contributed by atoms with Gasteiger partial charge in [0.2, 0.25) is 20.0 Å². The normalized spacial score (nSPS) is 18.6. The van der Waals surface area contributed by atoms with E-state index >= 15 is 0 Å². The van der Waals surface area contributed by atoms with Crippen molar-refractivity contribution < 1.29 is 16.8 Å². The molecule has 0 spiro atoms. The molecule has 1 saturated heterocycles. The van der Waals surface area contributed by atoms with Crippen LogP contribution in [-0.4, -0.2) is 67.6 Å². The molecule has 2 heterocycles. The van der Waals surface area contributed by atoms with Crippen LogP contribution in [0.4, 0.5) is 0 Å². The fourth-order valence-electron chi connectivity index (χ4n) is 2.89. The van der Waals surface area contributed by atoms with Crippen LogP contribution >= 0.6 is 0 Å². The van der Waals surface area contributed by atoms with Crippen LogP contribution in [0.25, 0.3) is 0 Å². The largest absolute Gasteiger partial charge is 0.281 e. The van der Waals surface area contributed by atoms with E-state index in [1.54, 1.807) is 13.8 Å². The lowest BCUT2D eigenvalue weighted by Crippen LogP contribution is -2.38. The first-order chi connectivity index (χ1) is 11.2. The van der Waals surface area contributed by atoms with Crippen molar-refractivity contribution in [3.63, 3.8) is 0 Å². The summed E-state index contributed by atoms with van der Waals surface area (Å²) in [6.07, 6.45) is 1.92. The minimum atomic E-state index is -3.67. The minimum Gasteiger partial charge on any atom is -0.281 e. The van der Waals surface area contributed by atoms with Crippen molar-refractivity contribution in [1.29, 1.82) is 0 Å². The maximum Gasteiger partial charge on any atom is 0.246 e.